The molecule has 0 radical (unpaired) electrons. The van der Waals surface area contributed by atoms with Gasteiger partial charge >= 0.3 is 0 Å². The van der Waals surface area contributed by atoms with Crippen molar-refractivity contribution in [3.05, 3.63) is 152 Å². The van der Waals surface area contributed by atoms with Gasteiger partial charge in [0.25, 0.3) is 0 Å². The minimum absolute atomic E-state index is 0.737. The van der Waals surface area contributed by atoms with Gasteiger partial charge in [-0.15, -0.1) is 26.3 Å². The van der Waals surface area contributed by atoms with Crippen LogP contribution < -0.4 is 0 Å². The van der Waals surface area contributed by atoms with E-state index in [1.807, 2.05) is 0 Å². The molecule has 0 aliphatic heterocycles. The average Bonchev–Trinajstić information content (AvgIpc) is 2.96. The Morgan fingerprint density at radius 1 is 0.676 bits per heavy atom. The third-order valence-electron chi connectivity index (χ3n) is 6.67. The minimum Gasteiger partial charge on any atom is -0.106 e. The Labute approximate surface area is 228 Å². The van der Waals surface area contributed by atoms with Crippen molar-refractivity contribution >= 4 is 5.57 Å². The quantitative estimate of drug-likeness (QED) is 0.288. The topological polar surface area (TPSA) is 0 Å². The zero-order chi connectivity index (χ0) is 27.5. The van der Waals surface area contributed by atoms with Crippen LogP contribution in [-0.4, -0.2) is 0 Å². The van der Waals surface area contributed by atoms with Crippen LogP contribution >= 0.6 is 0 Å². The largest absolute Gasteiger partial charge is 0.106 e. The summed E-state index contributed by atoms with van der Waals surface area (Å²) >= 11 is 0. The van der Waals surface area contributed by atoms with Gasteiger partial charge in [-0.3, -0.25) is 0 Å². The Bertz CT molecular complexity index is 1030. The summed E-state index contributed by atoms with van der Waals surface area (Å²) in [6.45, 7) is 24.7. The Morgan fingerprint density at radius 3 is 1.89 bits per heavy atom. The Balaban J connectivity index is 0.000000330. The van der Waals surface area contributed by atoms with Crippen LogP contribution in [0.1, 0.15) is 66.3 Å². The molecule has 0 heteroatoms. The van der Waals surface area contributed by atoms with Gasteiger partial charge in [0.15, 0.2) is 0 Å². The molecule has 0 amide bonds. The molecule has 0 nitrogen and oxygen atoms in total. The lowest BCUT2D eigenvalue weighted by Crippen LogP contribution is -2.07. The van der Waals surface area contributed by atoms with Gasteiger partial charge in [-0.25, -0.2) is 0 Å². The van der Waals surface area contributed by atoms with Gasteiger partial charge in [0.05, 0.1) is 0 Å². The molecule has 0 N–H and O–H groups in total. The number of allylic oxidation sites excluding steroid dienone is 2. The smallest absolute Gasteiger partial charge is 0.00697 e. The highest BCUT2D eigenvalue weighted by Gasteiger charge is 2.17. The van der Waals surface area contributed by atoms with Gasteiger partial charge in [-0.2, -0.15) is 0 Å². The van der Waals surface area contributed by atoms with Crippen LogP contribution in [0.2, 0.25) is 0 Å². The third-order valence-corrected chi connectivity index (χ3v) is 6.67. The zero-order valence-corrected chi connectivity index (χ0v) is 23.5. The first-order chi connectivity index (χ1) is 18.0. The fraction of sp³-hybridized carbons (Fsp3) is 0.297. The van der Waals surface area contributed by atoms with Crippen LogP contribution in [0.15, 0.2) is 124 Å². The molecule has 0 spiro atoms. The van der Waals surface area contributed by atoms with Crippen molar-refractivity contribution in [3.8, 4) is 0 Å². The van der Waals surface area contributed by atoms with Gasteiger partial charge in [0.1, 0.15) is 0 Å². The lowest BCUT2D eigenvalue weighted by Gasteiger charge is -2.24. The molecule has 0 atom stereocenters. The lowest BCUT2D eigenvalue weighted by atomic mass is 9.81. The van der Waals surface area contributed by atoms with Crippen LogP contribution in [0.5, 0.6) is 0 Å². The molecule has 4 rings (SSSR count). The lowest BCUT2D eigenvalue weighted by molar-refractivity contribution is 0.430. The van der Waals surface area contributed by atoms with Crippen molar-refractivity contribution in [2.75, 3.05) is 0 Å². The van der Waals surface area contributed by atoms with Crippen molar-refractivity contribution in [1.29, 1.82) is 0 Å². The van der Waals surface area contributed by atoms with Crippen LogP contribution in [0.3, 0.4) is 0 Å². The first-order valence-electron chi connectivity index (χ1n) is 13.5. The maximum Gasteiger partial charge on any atom is -0.00697 e. The Kier molecular flexibility index (Phi) is 16.1. The van der Waals surface area contributed by atoms with Crippen LogP contribution in [-0.2, 0) is 12.8 Å². The zero-order valence-electron chi connectivity index (χ0n) is 23.5. The molecule has 0 heterocycles. The molecule has 1 aliphatic rings. The molecule has 0 bridgehead atoms. The number of rotatable bonds is 7. The molecule has 1 saturated carbocycles. The van der Waals surface area contributed by atoms with E-state index >= 15 is 0 Å². The monoisotopic (exact) mass is 492 g/mol. The van der Waals surface area contributed by atoms with E-state index in [1.54, 1.807) is 0 Å². The molecule has 0 aromatic heterocycles. The highest BCUT2D eigenvalue weighted by atomic mass is 14.2. The van der Waals surface area contributed by atoms with E-state index < -0.39 is 0 Å². The van der Waals surface area contributed by atoms with E-state index in [0.29, 0.717) is 0 Å². The SMILES string of the molecule is C=C.C=C.C=C(CCc1ccccc1)Cc1ccc(C)cc1.C=C(c1cccc(C)c1)C1CCCCC1. The fourth-order valence-corrected chi connectivity index (χ4v) is 4.58. The van der Waals surface area contributed by atoms with E-state index in [0.717, 1.165) is 25.2 Å². The molecule has 0 saturated heterocycles. The van der Waals surface area contributed by atoms with Gasteiger partial charge in [0, 0.05) is 0 Å². The molecular formula is C37H48. The van der Waals surface area contributed by atoms with E-state index in [1.165, 1.54) is 71.1 Å². The molecule has 196 valence electrons. The van der Waals surface area contributed by atoms with E-state index in [9.17, 15) is 0 Å². The van der Waals surface area contributed by atoms with Crippen LogP contribution in [0, 0.1) is 19.8 Å². The van der Waals surface area contributed by atoms with Crippen molar-refractivity contribution in [2.24, 2.45) is 5.92 Å². The summed E-state index contributed by atoms with van der Waals surface area (Å²) in [4.78, 5) is 0. The van der Waals surface area contributed by atoms with Gasteiger partial charge in [0.2, 0.25) is 0 Å². The van der Waals surface area contributed by atoms with E-state index in [4.69, 9.17) is 0 Å². The summed E-state index contributed by atoms with van der Waals surface area (Å²) < 4.78 is 0. The summed E-state index contributed by atoms with van der Waals surface area (Å²) in [5.74, 6) is 0.737. The maximum absolute atomic E-state index is 4.29. The average molecular weight is 493 g/mol. The van der Waals surface area contributed by atoms with Crippen molar-refractivity contribution in [2.45, 2.75) is 65.2 Å². The van der Waals surface area contributed by atoms with Crippen molar-refractivity contribution in [1.82, 2.24) is 0 Å². The molecule has 3 aromatic carbocycles. The first-order valence-corrected chi connectivity index (χ1v) is 13.5. The van der Waals surface area contributed by atoms with Gasteiger partial charge in [-0.1, -0.05) is 128 Å². The molecule has 0 unspecified atom stereocenters. The Morgan fingerprint density at radius 2 is 1.30 bits per heavy atom. The van der Waals surface area contributed by atoms with Crippen molar-refractivity contribution < 1.29 is 0 Å². The second-order valence-electron chi connectivity index (χ2n) is 9.63. The summed E-state index contributed by atoms with van der Waals surface area (Å²) in [5.41, 5.74) is 9.42. The molecular weight excluding hydrogens is 444 g/mol. The predicted octanol–water partition coefficient (Wildman–Crippen LogP) is 10.9. The minimum atomic E-state index is 0.737. The second-order valence-corrected chi connectivity index (χ2v) is 9.63. The molecule has 1 fully saturated rings. The van der Waals surface area contributed by atoms with Gasteiger partial charge < -0.3 is 0 Å². The molecule has 1 aliphatic carbocycles. The summed E-state index contributed by atoms with van der Waals surface area (Å²) in [7, 11) is 0. The summed E-state index contributed by atoms with van der Waals surface area (Å²) in [5, 5.41) is 0. The number of hydrogen-bond donors (Lipinski definition) is 0. The van der Waals surface area contributed by atoms with Crippen molar-refractivity contribution in [3.63, 3.8) is 0 Å². The van der Waals surface area contributed by atoms with E-state index in [-0.39, 0.29) is 0 Å². The number of hydrogen-bond acceptors (Lipinski definition) is 0. The fourth-order valence-electron chi connectivity index (χ4n) is 4.58. The summed E-state index contributed by atoms with van der Waals surface area (Å²) in [6, 6.07) is 28.1. The van der Waals surface area contributed by atoms with Crippen LogP contribution in [0.25, 0.3) is 5.57 Å². The van der Waals surface area contributed by atoms with Crippen LogP contribution in [0.4, 0.5) is 0 Å². The number of aryl methyl sites for hydroxylation is 3. The summed E-state index contributed by atoms with van der Waals surface area (Å²) in [6.07, 6.45) is 10.0. The molecule has 3 aromatic rings. The number of benzene rings is 3. The third kappa shape index (κ3) is 12.4. The normalized spacial score (nSPS) is 12.4. The standard InChI is InChI=1S/C18H20.C15H20.2C2H4/c1-15-8-12-18(13-9-15)14-16(2)10-11-17-6-4-3-5-7-17;1-12-7-6-10-15(11-12)13(2)14-8-4-3-5-9-14;2*1-2/h3-9,12-13H,2,10-11,14H2,1H3;6-7,10-11,14H,2-5,8-9H2,1H3;2*1-2H2. The first kappa shape index (κ1) is 31.6. The molecule has 37 heavy (non-hydrogen) atoms. The highest BCUT2D eigenvalue weighted by molar-refractivity contribution is 5.65. The van der Waals surface area contributed by atoms with Gasteiger partial charge in [-0.05, 0) is 74.1 Å². The maximum atomic E-state index is 4.29. The predicted molar refractivity (Wildman–Crippen MR) is 168 cm³/mol. The highest BCUT2D eigenvalue weighted by Crippen LogP contribution is 2.34. The second kappa shape index (κ2) is 18.8. The Hall–Kier alpha value is -3.38. The van der Waals surface area contributed by atoms with E-state index in [2.05, 4.69) is 132 Å².